The molecular weight excluding hydrogens is 232 g/mol. The van der Waals surface area contributed by atoms with Crippen LogP contribution in [0.4, 0.5) is 4.79 Å². The highest BCUT2D eigenvalue weighted by molar-refractivity contribution is 5.85. The highest BCUT2D eigenvalue weighted by Gasteiger charge is 2.31. The molecule has 0 heterocycles. The van der Waals surface area contributed by atoms with E-state index in [1.54, 1.807) is 0 Å². The summed E-state index contributed by atoms with van der Waals surface area (Å²) in [4.78, 5) is 22.7. The van der Waals surface area contributed by atoms with Crippen molar-refractivity contribution in [2.75, 3.05) is 0 Å². The van der Waals surface area contributed by atoms with Crippen LogP contribution in [0.15, 0.2) is 0 Å². The van der Waals surface area contributed by atoms with Gasteiger partial charge in [0, 0.05) is 6.04 Å². The highest BCUT2D eigenvalue weighted by atomic mass is 16.4. The second kappa shape index (κ2) is 5.59. The zero-order chi connectivity index (χ0) is 13.9. The topological polar surface area (TPSA) is 78.4 Å². The van der Waals surface area contributed by atoms with E-state index in [0.717, 1.165) is 19.3 Å². The van der Waals surface area contributed by atoms with E-state index in [0.29, 0.717) is 11.8 Å². The van der Waals surface area contributed by atoms with E-state index < -0.39 is 17.5 Å². The Kier molecular flexibility index (Phi) is 4.59. The monoisotopic (exact) mass is 256 g/mol. The second-order valence-corrected chi connectivity index (χ2v) is 6.03. The van der Waals surface area contributed by atoms with Gasteiger partial charge >= 0.3 is 12.0 Å². The molecule has 3 unspecified atom stereocenters. The molecule has 1 saturated carbocycles. The van der Waals surface area contributed by atoms with Crippen molar-refractivity contribution in [2.24, 2.45) is 11.8 Å². The number of nitrogens with one attached hydrogen (secondary N) is 2. The molecule has 3 atom stereocenters. The minimum atomic E-state index is -1.24. The Morgan fingerprint density at radius 1 is 1.22 bits per heavy atom. The second-order valence-electron chi connectivity index (χ2n) is 6.03. The molecule has 0 bridgehead atoms. The lowest BCUT2D eigenvalue weighted by Gasteiger charge is -2.34. The normalized spacial score (nSPS) is 28.6. The van der Waals surface area contributed by atoms with Gasteiger partial charge in [0.15, 0.2) is 0 Å². The van der Waals surface area contributed by atoms with Crippen molar-refractivity contribution in [3.8, 4) is 0 Å². The minimum absolute atomic E-state index is 0.144. The lowest BCUT2D eigenvalue weighted by Crippen LogP contribution is -2.56. The molecular formula is C13H24N2O3. The van der Waals surface area contributed by atoms with Crippen molar-refractivity contribution in [1.82, 2.24) is 10.6 Å². The summed E-state index contributed by atoms with van der Waals surface area (Å²) in [6.07, 6.45) is 3.17. The van der Waals surface area contributed by atoms with Crippen molar-refractivity contribution >= 4 is 12.0 Å². The summed E-state index contributed by atoms with van der Waals surface area (Å²) in [5, 5.41) is 14.3. The number of hydrogen-bond acceptors (Lipinski definition) is 2. The fourth-order valence-corrected chi connectivity index (χ4v) is 2.42. The molecule has 1 aliphatic rings. The van der Waals surface area contributed by atoms with Gasteiger partial charge in [0.1, 0.15) is 5.54 Å². The van der Waals surface area contributed by atoms with Gasteiger partial charge in [-0.25, -0.2) is 9.59 Å². The third-order valence-electron chi connectivity index (χ3n) is 3.71. The Hall–Kier alpha value is -1.26. The number of hydrogen-bond donors (Lipinski definition) is 3. The molecule has 0 saturated heterocycles. The number of amides is 2. The van der Waals surface area contributed by atoms with Crippen LogP contribution in [0.1, 0.15) is 47.0 Å². The molecule has 0 aliphatic heterocycles. The van der Waals surface area contributed by atoms with Gasteiger partial charge in [-0.2, -0.15) is 0 Å². The summed E-state index contributed by atoms with van der Waals surface area (Å²) in [5.74, 6) is 0.104. The van der Waals surface area contributed by atoms with E-state index in [1.807, 2.05) is 0 Å². The van der Waals surface area contributed by atoms with Crippen LogP contribution in [0.3, 0.4) is 0 Å². The lowest BCUT2D eigenvalue weighted by molar-refractivity contribution is -0.142. The van der Waals surface area contributed by atoms with Crippen LogP contribution in [0.25, 0.3) is 0 Å². The summed E-state index contributed by atoms with van der Waals surface area (Å²) in [5.41, 5.74) is -1.24. The summed E-state index contributed by atoms with van der Waals surface area (Å²) >= 11 is 0. The van der Waals surface area contributed by atoms with Crippen LogP contribution < -0.4 is 10.6 Å². The quantitative estimate of drug-likeness (QED) is 0.722. The molecule has 0 aromatic rings. The maximum absolute atomic E-state index is 11.8. The number of rotatable bonds is 3. The van der Waals surface area contributed by atoms with Crippen molar-refractivity contribution < 1.29 is 14.7 Å². The summed E-state index contributed by atoms with van der Waals surface area (Å²) in [7, 11) is 0. The first-order valence-corrected chi connectivity index (χ1v) is 6.54. The van der Waals surface area contributed by atoms with Gasteiger partial charge in [-0.15, -0.1) is 0 Å². The molecule has 0 aromatic carbocycles. The molecule has 3 N–H and O–H groups in total. The van der Waals surface area contributed by atoms with E-state index >= 15 is 0 Å². The van der Waals surface area contributed by atoms with Crippen molar-refractivity contribution in [3.63, 3.8) is 0 Å². The molecule has 18 heavy (non-hydrogen) atoms. The molecule has 5 heteroatoms. The molecule has 0 aromatic heterocycles. The average Bonchev–Trinajstić information content (AvgIpc) is 2.21. The number of aliphatic carboxylic acids is 1. The van der Waals surface area contributed by atoms with Gasteiger partial charge in [0.25, 0.3) is 0 Å². The molecule has 0 radical (unpaired) electrons. The largest absolute Gasteiger partial charge is 0.480 e. The van der Waals surface area contributed by atoms with Crippen LogP contribution in [0, 0.1) is 11.8 Å². The van der Waals surface area contributed by atoms with Crippen LogP contribution >= 0.6 is 0 Å². The summed E-state index contributed by atoms with van der Waals surface area (Å²) in [6.45, 7) is 7.30. The number of urea groups is 1. The smallest absolute Gasteiger partial charge is 0.328 e. The molecule has 1 rings (SSSR count). The molecule has 2 amide bonds. The first kappa shape index (κ1) is 14.8. The predicted octanol–water partition coefficient (Wildman–Crippen LogP) is 1.97. The predicted molar refractivity (Wildman–Crippen MR) is 69.3 cm³/mol. The molecule has 0 spiro atoms. The van der Waals surface area contributed by atoms with E-state index in [-0.39, 0.29) is 6.04 Å². The van der Waals surface area contributed by atoms with Gasteiger partial charge in [-0.1, -0.05) is 13.8 Å². The van der Waals surface area contributed by atoms with Crippen LogP contribution in [0.5, 0.6) is 0 Å². The first-order chi connectivity index (χ1) is 8.22. The van der Waals surface area contributed by atoms with Gasteiger partial charge < -0.3 is 15.7 Å². The number of carboxylic acids is 1. The maximum atomic E-state index is 11.8. The van der Waals surface area contributed by atoms with E-state index in [4.69, 9.17) is 5.11 Å². The van der Waals surface area contributed by atoms with E-state index in [9.17, 15) is 9.59 Å². The Bertz CT molecular complexity index is 328. The molecule has 5 nitrogen and oxygen atoms in total. The zero-order valence-corrected chi connectivity index (χ0v) is 11.6. The van der Waals surface area contributed by atoms with Crippen LogP contribution in [-0.4, -0.2) is 28.7 Å². The van der Waals surface area contributed by atoms with Crippen molar-refractivity contribution in [2.45, 2.75) is 58.5 Å². The summed E-state index contributed by atoms with van der Waals surface area (Å²) in [6, 6.07) is -0.250. The van der Waals surface area contributed by atoms with Gasteiger partial charge in [0.05, 0.1) is 0 Å². The fraction of sp³-hybridized carbons (Fsp3) is 0.846. The Labute approximate surface area is 108 Å². The Balaban J connectivity index is 2.48. The Morgan fingerprint density at radius 2 is 1.83 bits per heavy atom. The van der Waals surface area contributed by atoms with Crippen molar-refractivity contribution in [3.05, 3.63) is 0 Å². The third kappa shape index (κ3) is 3.89. The minimum Gasteiger partial charge on any atom is -0.480 e. The van der Waals surface area contributed by atoms with E-state index in [2.05, 4.69) is 24.5 Å². The number of carbonyl (C=O) groups is 2. The zero-order valence-electron chi connectivity index (χ0n) is 11.6. The number of carbonyl (C=O) groups excluding carboxylic acids is 1. The third-order valence-corrected chi connectivity index (χ3v) is 3.71. The first-order valence-electron chi connectivity index (χ1n) is 6.54. The van der Waals surface area contributed by atoms with Crippen LogP contribution in [0.2, 0.25) is 0 Å². The average molecular weight is 256 g/mol. The highest BCUT2D eigenvalue weighted by Crippen LogP contribution is 2.28. The van der Waals surface area contributed by atoms with Gasteiger partial charge in [-0.3, -0.25) is 0 Å². The SMILES string of the molecule is CC1CCC(NC(=O)NC(C)(C)C(=O)O)C(C)C1. The molecule has 1 fully saturated rings. The van der Waals surface area contributed by atoms with Gasteiger partial charge in [0.2, 0.25) is 0 Å². The standard InChI is InChI=1S/C13H24N2O3/c1-8-5-6-10(9(2)7-8)14-12(18)15-13(3,4)11(16)17/h8-10H,5-7H2,1-4H3,(H,16,17)(H2,14,15,18). The summed E-state index contributed by atoms with van der Waals surface area (Å²) < 4.78 is 0. The lowest BCUT2D eigenvalue weighted by atomic mass is 9.80. The molecule has 1 aliphatic carbocycles. The Morgan fingerprint density at radius 3 is 2.33 bits per heavy atom. The van der Waals surface area contributed by atoms with E-state index in [1.165, 1.54) is 13.8 Å². The van der Waals surface area contributed by atoms with Crippen molar-refractivity contribution in [1.29, 1.82) is 0 Å². The molecule has 104 valence electrons. The number of carboxylic acid groups (broad SMARTS) is 1. The fourth-order valence-electron chi connectivity index (χ4n) is 2.42. The maximum Gasteiger partial charge on any atom is 0.328 e. The van der Waals surface area contributed by atoms with Crippen LogP contribution in [-0.2, 0) is 4.79 Å². The van der Waals surface area contributed by atoms with Gasteiger partial charge in [-0.05, 0) is 44.9 Å².